The second-order valence-electron chi connectivity index (χ2n) is 2.75. The van der Waals surface area contributed by atoms with Crippen LogP contribution < -0.4 is 0 Å². The maximum absolute atomic E-state index is 10.8. The highest BCUT2D eigenvalue weighted by Crippen LogP contribution is 2.33. The summed E-state index contributed by atoms with van der Waals surface area (Å²) in [5.41, 5.74) is 0.159. The molecule has 0 radical (unpaired) electrons. The summed E-state index contributed by atoms with van der Waals surface area (Å²) in [6.07, 6.45) is 2.82. The van der Waals surface area contributed by atoms with Gasteiger partial charge in [0.15, 0.2) is 0 Å². The molecule has 0 aromatic heterocycles. The molecular weight excluding hydrogens is 182 g/mol. The van der Waals surface area contributed by atoms with E-state index >= 15 is 0 Å². The SMILES string of the molecule is Cl.O=C(O)C1=CC[C@@H]2CC(=O)N12. The van der Waals surface area contributed by atoms with E-state index in [-0.39, 0.29) is 30.1 Å². The zero-order chi connectivity index (χ0) is 8.01. The van der Waals surface area contributed by atoms with Crippen molar-refractivity contribution in [2.24, 2.45) is 0 Å². The number of nitrogens with zero attached hydrogens (tertiary/aromatic N) is 1. The monoisotopic (exact) mass is 189 g/mol. The number of hydrogen-bond donors (Lipinski definition) is 1. The molecule has 2 aliphatic heterocycles. The number of β-lactam (4-membered cyclic amide) rings is 1. The Morgan fingerprint density at radius 2 is 2.33 bits per heavy atom. The van der Waals surface area contributed by atoms with Crippen molar-refractivity contribution in [3.8, 4) is 0 Å². The third kappa shape index (κ3) is 0.992. The van der Waals surface area contributed by atoms with Gasteiger partial charge in [-0.1, -0.05) is 6.08 Å². The number of hydrogen-bond acceptors (Lipinski definition) is 2. The number of fused-ring (bicyclic) bond motifs is 1. The fraction of sp³-hybridized carbons (Fsp3) is 0.429. The standard InChI is InChI=1S/C7H7NO3.ClH/c9-6-3-4-1-2-5(7(10)11)8(4)6;/h2,4H,1,3H2,(H,10,11);1H/t4-;/m1./s1. The van der Waals surface area contributed by atoms with Crippen molar-refractivity contribution in [1.82, 2.24) is 4.90 Å². The molecule has 0 unspecified atom stereocenters. The first-order chi connectivity index (χ1) is 5.20. The molecule has 1 N–H and O–H groups in total. The van der Waals surface area contributed by atoms with Gasteiger partial charge < -0.3 is 10.0 Å². The fourth-order valence-electron chi connectivity index (χ4n) is 1.54. The number of carboxylic acids is 1. The molecule has 0 aromatic carbocycles. The Kier molecular flexibility index (Phi) is 2.10. The Labute approximate surface area is 75.3 Å². The third-order valence-corrected chi connectivity index (χ3v) is 2.11. The van der Waals surface area contributed by atoms with Gasteiger partial charge in [0, 0.05) is 12.5 Å². The largest absolute Gasteiger partial charge is 0.477 e. The van der Waals surface area contributed by atoms with E-state index in [2.05, 4.69) is 0 Å². The van der Waals surface area contributed by atoms with Crippen LogP contribution in [-0.2, 0) is 9.59 Å². The highest BCUT2D eigenvalue weighted by Gasteiger charge is 2.43. The maximum Gasteiger partial charge on any atom is 0.352 e. The molecule has 1 amide bonds. The molecule has 12 heavy (non-hydrogen) atoms. The number of aliphatic carboxylic acids is 1. The molecule has 2 heterocycles. The zero-order valence-corrected chi connectivity index (χ0v) is 7.00. The summed E-state index contributed by atoms with van der Waals surface area (Å²) in [6.45, 7) is 0. The molecule has 2 aliphatic rings. The molecule has 0 bridgehead atoms. The van der Waals surface area contributed by atoms with Gasteiger partial charge in [0.25, 0.3) is 0 Å². The average Bonchev–Trinajstić information content (AvgIpc) is 2.25. The molecule has 1 saturated heterocycles. The van der Waals surface area contributed by atoms with Gasteiger partial charge in [0.1, 0.15) is 5.70 Å². The average molecular weight is 190 g/mol. The summed E-state index contributed by atoms with van der Waals surface area (Å²) in [7, 11) is 0. The Morgan fingerprint density at radius 3 is 2.75 bits per heavy atom. The van der Waals surface area contributed by atoms with Gasteiger partial charge in [-0.2, -0.15) is 0 Å². The van der Waals surface area contributed by atoms with E-state index in [1.165, 1.54) is 4.90 Å². The third-order valence-electron chi connectivity index (χ3n) is 2.11. The molecule has 4 nitrogen and oxygen atoms in total. The first-order valence-electron chi connectivity index (χ1n) is 3.45. The number of carboxylic acid groups (broad SMARTS) is 1. The lowest BCUT2D eigenvalue weighted by atomic mass is 10.0. The van der Waals surface area contributed by atoms with E-state index in [9.17, 15) is 9.59 Å². The zero-order valence-electron chi connectivity index (χ0n) is 6.19. The van der Waals surface area contributed by atoms with E-state index in [0.29, 0.717) is 12.8 Å². The van der Waals surface area contributed by atoms with E-state index in [1.54, 1.807) is 6.08 Å². The van der Waals surface area contributed by atoms with Crippen molar-refractivity contribution in [3.05, 3.63) is 11.8 Å². The van der Waals surface area contributed by atoms with E-state index < -0.39 is 5.97 Å². The van der Waals surface area contributed by atoms with Crippen molar-refractivity contribution in [2.75, 3.05) is 0 Å². The highest BCUT2D eigenvalue weighted by molar-refractivity contribution is 5.97. The van der Waals surface area contributed by atoms with Gasteiger partial charge in [0.2, 0.25) is 5.91 Å². The molecule has 0 aliphatic carbocycles. The van der Waals surface area contributed by atoms with Crippen LogP contribution in [0.25, 0.3) is 0 Å². The second kappa shape index (κ2) is 2.79. The predicted molar refractivity (Wildman–Crippen MR) is 42.8 cm³/mol. The van der Waals surface area contributed by atoms with Crippen LogP contribution in [0.15, 0.2) is 11.8 Å². The first-order valence-corrected chi connectivity index (χ1v) is 3.45. The van der Waals surface area contributed by atoms with Crippen molar-refractivity contribution in [3.63, 3.8) is 0 Å². The number of carbonyl (C=O) groups excluding carboxylic acids is 1. The highest BCUT2D eigenvalue weighted by atomic mass is 35.5. The van der Waals surface area contributed by atoms with Crippen molar-refractivity contribution in [1.29, 1.82) is 0 Å². The van der Waals surface area contributed by atoms with Gasteiger partial charge in [-0.3, -0.25) is 4.79 Å². The molecule has 1 atom stereocenters. The van der Waals surface area contributed by atoms with Gasteiger partial charge in [-0.05, 0) is 6.42 Å². The summed E-state index contributed by atoms with van der Waals surface area (Å²) in [6, 6.07) is 0.147. The normalized spacial score (nSPS) is 25.3. The molecule has 1 fully saturated rings. The van der Waals surface area contributed by atoms with Crippen LogP contribution in [0, 0.1) is 0 Å². The van der Waals surface area contributed by atoms with Gasteiger partial charge >= 0.3 is 5.97 Å². The van der Waals surface area contributed by atoms with Crippen molar-refractivity contribution >= 4 is 24.3 Å². The second-order valence-corrected chi connectivity index (χ2v) is 2.75. The minimum atomic E-state index is -0.999. The van der Waals surface area contributed by atoms with Crippen LogP contribution >= 0.6 is 12.4 Å². The number of carbonyl (C=O) groups is 2. The van der Waals surface area contributed by atoms with Gasteiger partial charge in [-0.15, -0.1) is 12.4 Å². The lowest BCUT2D eigenvalue weighted by molar-refractivity contribution is -0.147. The Bertz CT molecular complexity index is 274. The van der Waals surface area contributed by atoms with Crippen LogP contribution in [0.4, 0.5) is 0 Å². The van der Waals surface area contributed by atoms with E-state index in [0.717, 1.165) is 0 Å². The molecule has 66 valence electrons. The van der Waals surface area contributed by atoms with E-state index in [4.69, 9.17) is 5.11 Å². The Morgan fingerprint density at radius 1 is 1.67 bits per heavy atom. The Hall–Kier alpha value is -1.03. The van der Waals surface area contributed by atoms with Crippen LogP contribution in [0.3, 0.4) is 0 Å². The van der Waals surface area contributed by atoms with Crippen LogP contribution in [0.1, 0.15) is 12.8 Å². The quantitative estimate of drug-likeness (QED) is 0.607. The topological polar surface area (TPSA) is 57.6 Å². The lowest BCUT2D eigenvalue weighted by Crippen LogP contribution is -2.49. The summed E-state index contributed by atoms with van der Waals surface area (Å²) in [5.74, 6) is -1.07. The maximum atomic E-state index is 10.8. The summed E-state index contributed by atoms with van der Waals surface area (Å²) in [4.78, 5) is 22.7. The van der Waals surface area contributed by atoms with E-state index in [1.807, 2.05) is 0 Å². The minimum absolute atomic E-state index is 0. The summed E-state index contributed by atoms with van der Waals surface area (Å²) in [5, 5.41) is 8.59. The number of halogens is 1. The molecule has 0 spiro atoms. The first kappa shape index (κ1) is 9.06. The minimum Gasteiger partial charge on any atom is -0.477 e. The predicted octanol–water partition coefficient (Wildman–Crippen LogP) is 0.381. The smallest absolute Gasteiger partial charge is 0.352 e. The molecule has 0 aromatic rings. The number of rotatable bonds is 1. The molecular formula is C7H8ClNO3. The Balaban J connectivity index is 0.000000720. The van der Waals surface area contributed by atoms with Gasteiger partial charge in [-0.25, -0.2) is 4.79 Å². The van der Waals surface area contributed by atoms with Crippen LogP contribution in [0.2, 0.25) is 0 Å². The lowest BCUT2D eigenvalue weighted by Gasteiger charge is -2.35. The number of amides is 1. The fourth-order valence-corrected chi connectivity index (χ4v) is 1.54. The summed E-state index contributed by atoms with van der Waals surface area (Å²) < 4.78 is 0. The van der Waals surface area contributed by atoms with Gasteiger partial charge in [0.05, 0.1) is 0 Å². The van der Waals surface area contributed by atoms with Crippen molar-refractivity contribution in [2.45, 2.75) is 18.9 Å². The molecule has 5 heteroatoms. The molecule has 0 saturated carbocycles. The van der Waals surface area contributed by atoms with Crippen LogP contribution in [0.5, 0.6) is 0 Å². The van der Waals surface area contributed by atoms with Crippen molar-refractivity contribution < 1.29 is 14.7 Å². The van der Waals surface area contributed by atoms with Crippen LogP contribution in [-0.4, -0.2) is 27.9 Å². The molecule has 2 rings (SSSR count). The summed E-state index contributed by atoms with van der Waals surface area (Å²) >= 11 is 0.